The Morgan fingerprint density at radius 3 is 2.94 bits per heavy atom. The van der Waals surface area contributed by atoms with Crippen LogP contribution in [0.1, 0.15) is 22.2 Å². The summed E-state index contributed by atoms with van der Waals surface area (Å²) in [7, 11) is 0. The number of pyridine rings is 1. The molecule has 0 spiro atoms. The molecule has 0 atom stereocenters. The fourth-order valence-corrected chi connectivity index (χ4v) is 1.40. The zero-order valence-electron chi connectivity index (χ0n) is 8.98. The molecule has 1 N–H and O–H groups in total. The van der Waals surface area contributed by atoms with Gasteiger partial charge in [-0.25, -0.2) is 4.98 Å². The average molecular weight is 297 g/mol. The summed E-state index contributed by atoms with van der Waals surface area (Å²) >= 11 is 3.25. The van der Waals surface area contributed by atoms with Gasteiger partial charge in [0.05, 0.1) is 6.54 Å². The van der Waals surface area contributed by atoms with Gasteiger partial charge in [0.15, 0.2) is 5.82 Å². The predicted molar refractivity (Wildman–Crippen MR) is 62.1 cm³/mol. The Hall–Kier alpha value is -1.76. The third-order valence-electron chi connectivity index (χ3n) is 1.93. The summed E-state index contributed by atoms with van der Waals surface area (Å²) in [6, 6.07) is 3.37. The van der Waals surface area contributed by atoms with Gasteiger partial charge in [-0.2, -0.15) is 4.98 Å². The number of amides is 1. The van der Waals surface area contributed by atoms with E-state index in [1.165, 1.54) is 0 Å². The maximum atomic E-state index is 11.7. The first-order valence-corrected chi connectivity index (χ1v) is 5.63. The number of nitrogens with one attached hydrogen (secondary N) is 1. The second-order valence-corrected chi connectivity index (χ2v) is 4.20. The lowest BCUT2D eigenvalue weighted by molar-refractivity contribution is 0.0941. The second kappa shape index (κ2) is 5.05. The van der Waals surface area contributed by atoms with Crippen molar-refractivity contribution in [3.05, 3.63) is 40.2 Å². The number of aromatic nitrogens is 3. The van der Waals surface area contributed by atoms with Crippen LogP contribution in [-0.4, -0.2) is 21.0 Å². The third kappa shape index (κ3) is 3.10. The summed E-state index contributed by atoms with van der Waals surface area (Å²) in [5, 5.41) is 6.25. The zero-order valence-corrected chi connectivity index (χ0v) is 10.6. The van der Waals surface area contributed by atoms with Crippen molar-refractivity contribution in [2.75, 3.05) is 0 Å². The van der Waals surface area contributed by atoms with E-state index in [1.54, 1.807) is 25.3 Å². The Balaban J connectivity index is 1.95. The predicted octanol–water partition coefficient (Wildman–Crippen LogP) is 1.47. The fraction of sp³-hybridized carbons (Fsp3) is 0.200. The minimum Gasteiger partial charge on any atom is -0.342 e. The molecule has 0 aliphatic carbocycles. The van der Waals surface area contributed by atoms with E-state index >= 15 is 0 Å². The van der Waals surface area contributed by atoms with Crippen LogP contribution < -0.4 is 5.32 Å². The topological polar surface area (TPSA) is 80.9 Å². The van der Waals surface area contributed by atoms with Crippen molar-refractivity contribution in [1.29, 1.82) is 0 Å². The summed E-state index contributed by atoms with van der Waals surface area (Å²) < 4.78 is 5.69. The van der Waals surface area contributed by atoms with Crippen LogP contribution in [0.4, 0.5) is 0 Å². The van der Waals surface area contributed by atoms with Crippen LogP contribution in [0.3, 0.4) is 0 Å². The standard InChI is InChI=1S/C10H9BrN4O2/c1-6-14-9(17-15-6)5-13-10(16)8-3-2-7(11)4-12-8/h2-4H,5H2,1H3,(H,13,16). The molecule has 0 radical (unpaired) electrons. The van der Waals surface area contributed by atoms with Crippen LogP contribution in [0.25, 0.3) is 0 Å². The van der Waals surface area contributed by atoms with Crippen LogP contribution in [0.2, 0.25) is 0 Å². The third-order valence-corrected chi connectivity index (χ3v) is 2.40. The molecule has 0 saturated heterocycles. The number of carbonyl (C=O) groups is 1. The van der Waals surface area contributed by atoms with Gasteiger partial charge >= 0.3 is 0 Å². The summed E-state index contributed by atoms with van der Waals surface area (Å²) in [5.41, 5.74) is 0.337. The normalized spacial score (nSPS) is 10.2. The Bertz CT molecular complexity index is 523. The molecule has 0 aromatic carbocycles. The van der Waals surface area contributed by atoms with E-state index in [4.69, 9.17) is 4.52 Å². The minimum atomic E-state index is -0.284. The molecule has 7 heteroatoms. The molecule has 0 aliphatic rings. The maximum absolute atomic E-state index is 11.7. The molecule has 2 heterocycles. The first-order valence-electron chi connectivity index (χ1n) is 4.84. The van der Waals surface area contributed by atoms with Gasteiger partial charge in [-0.15, -0.1) is 0 Å². The molecule has 0 fully saturated rings. The maximum Gasteiger partial charge on any atom is 0.270 e. The highest BCUT2D eigenvalue weighted by Crippen LogP contribution is 2.07. The first-order chi connectivity index (χ1) is 8.15. The van der Waals surface area contributed by atoms with E-state index < -0.39 is 0 Å². The van der Waals surface area contributed by atoms with Crippen molar-refractivity contribution in [2.24, 2.45) is 0 Å². The lowest BCUT2D eigenvalue weighted by Gasteiger charge is -2.01. The quantitative estimate of drug-likeness (QED) is 0.927. The molecule has 0 aliphatic heterocycles. The van der Waals surface area contributed by atoms with Gasteiger partial charge in [0, 0.05) is 10.7 Å². The number of halogens is 1. The van der Waals surface area contributed by atoms with E-state index in [9.17, 15) is 4.79 Å². The number of aryl methyl sites for hydroxylation is 1. The van der Waals surface area contributed by atoms with E-state index in [0.29, 0.717) is 17.4 Å². The largest absolute Gasteiger partial charge is 0.342 e. The Morgan fingerprint density at radius 2 is 2.35 bits per heavy atom. The van der Waals surface area contributed by atoms with Gasteiger partial charge in [-0.05, 0) is 35.0 Å². The highest BCUT2D eigenvalue weighted by molar-refractivity contribution is 9.10. The van der Waals surface area contributed by atoms with Crippen molar-refractivity contribution >= 4 is 21.8 Å². The van der Waals surface area contributed by atoms with Crippen molar-refractivity contribution in [3.8, 4) is 0 Å². The SMILES string of the molecule is Cc1noc(CNC(=O)c2ccc(Br)cn2)n1. The minimum absolute atomic E-state index is 0.192. The van der Waals surface area contributed by atoms with Crippen LogP contribution >= 0.6 is 15.9 Å². The Morgan fingerprint density at radius 1 is 1.53 bits per heavy atom. The van der Waals surface area contributed by atoms with Crippen LogP contribution in [0, 0.1) is 6.92 Å². The van der Waals surface area contributed by atoms with Gasteiger partial charge in [0.1, 0.15) is 5.69 Å². The summed E-state index contributed by atoms with van der Waals surface area (Å²) in [4.78, 5) is 19.6. The zero-order chi connectivity index (χ0) is 12.3. The monoisotopic (exact) mass is 296 g/mol. The second-order valence-electron chi connectivity index (χ2n) is 3.28. The lowest BCUT2D eigenvalue weighted by atomic mass is 10.3. The van der Waals surface area contributed by atoms with Crippen LogP contribution in [-0.2, 0) is 6.54 Å². The molecule has 1 amide bonds. The number of nitrogens with zero attached hydrogens (tertiary/aromatic N) is 3. The summed E-state index contributed by atoms with van der Waals surface area (Å²) in [6.45, 7) is 1.91. The fourth-order valence-electron chi connectivity index (χ4n) is 1.17. The van der Waals surface area contributed by atoms with Gasteiger partial charge in [0.25, 0.3) is 5.91 Å². The molecular weight excluding hydrogens is 288 g/mol. The van der Waals surface area contributed by atoms with Gasteiger partial charge < -0.3 is 9.84 Å². The van der Waals surface area contributed by atoms with Crippen LogP contribution in [0.15, 0.2) is 27.3 Å². The molecule has 17 heavy (non-hydrogen) atoms. The summed E-state index contributed by atoms with van der Waals surface area (Å²) in [6.07, 6.45) is 1.56. The van der Waals surface area contributed by atoms with E-state index in [1.807, 2.05) is 0 Å². The average Bonchev–Trinajstić information content (AvgIpc) is 2.73. The van der Waals surface area contributed by atoms with Crippen molar-refractivity contribution in [1.82, 2.24) is 20.4 Å². The molecule has 2 aromatic heterocycles. The number of carbonyl (C=O) groups excluding carboxylic acids is 1. The van der Waals surface area contributed by atoms with E-state index in [-0.39, 0.29) is 12.5 Å². The molecule has 0 bridgehead atoms. The molecule has 2 rings (SSSR count). The van der Waals surface area contributed by atoms with E-state index in [2.05, 4.69) is 36.4 Å². The van der Waals surface area contributed by atoms with Gasteiger partial charge in [-0.1, -0.05) is 5.16 Å². The number of rotatable bonds is 3. The molecule has 6 nitrogen and oxygen atoms in total. The first kappa shape index (κ1) is 11.7. The van der Waals surface area contributed by atoms with Crippen LogP contribution in [0.5, 0.6) is 0 Å². The molecule has 0 unspecified atom stereocenters. The number of hydrogen-bond donors (Lipinski definition) is 1. The van der Waals surface area contributed by atoms with Gasteiger partial charge in [-0.3, -0.25) is 4.79 Å². The molecule has 0 saturated carbocycles. The Kier molecular flexibility index (Phi) is 3.48. The Labute approximate surface area is 106 Å². The summed E-state index contributed by atoms with van der Waals surface area (Å²) in [5.74, 6) is 0.623. The smallest absolute Gasteiger partial charge is 0.270 e. The highest BCUT2D eigenvalue weighted by atomic mass is 79.9. The molecule has 88 valence electrons. The van der Waals surface area contributed by atoms with Crippen molar-refractivity contribution in [2.45, 2.75) is 13.5 Å². The van der Waals surface area contributed by atoms with Crippen molar-refractivity contribution in [3.63, 3.8) is 0 Å². The lowest BCUT2D eigenvalue weighted by Crippen LogP contribution is -2.23. The van der Waals surface area contributed by atoms with E-state index in [0.717, 1.165) is 4.47 Å². The molecule has 2 aromatic rings. The van der Waals surface area contributed by atoms with Crippen molar-refractivity contribution < 1.29 is 9.32 Å². The molecular formula is C10H9BrN4O2. The highest BCUT2D eigenvalue weighted by Gasteiger charge is 2.09. The number of hydrogen-bond acceptors (Lipinski definition) is 5. The van der Waals surface area contributed by atoms with Gasteiger partial charge in [0.2, 0.25) is 5.89 Å².